The van der Waals surface area contributed by atoms with Gasteiger partial charge in [-0.15, -0.1) is 0 Å². The van der Waals surface area contributed by atoms with Crippen molar-refractivity contribution in [3.63, 3.8) is 0 Å². The molecular formula is C25H15F39P+. The minimum atomic E-state index is -8.83. The highest BCUT2D eigenvalue weighted by molar-refractivity contribution is 7.75. The average Bonchev–Trinajstić information content (AvgIpc) is 3.06. The van der Waals surface area contributed by atoms with Crippen molar-refractivity contribution < 1.29 is 171 Å². The molecule has 0 bridgehead atoms. The predicted octanol–water partition coefficient (Wildman–Crippen LogP) is 15.0. The van der Waals surface area contributed by atoms with Crippen molar-refractivity contribution in [1.82, 2.24) is 0 Å². The van der Waals surface area contributed by atoms with E-state index in [0.717, 1.165) is 0 Å². The third kappa shape index (κ3) is 9.31. The average molecular weight is 1090 g/mol. The summed E-state index contributed by atoms with van der Waals surface area (Å²) < 4.78 is 526. The highest BCUT2D eigenvalue weighted by atomic mass is 31.2. The second-order valence-corrected chi connectivity index (χ2v) is 18.1. The Morgan fingerprint density at radius 1 is 0.200 bits per heavy atom. The summed E-state index contributed by atoms with van der Waals surface area (Å²) in [6.45, 7) is -0.705. The van der Waals surface area contributed by atoms with Gasteiger partial charge in [0.15, 0.2) is 0 Å². The van der Waals surface area contributed by atoms with Gasteiger partial charge in [0.25, 0.3) is 0 Å². The third-order valence-electron chi connectivity index (χ3n) is 8.89. The summed E-state index contributed by atoms with van der Waals surface area (Å²) in [5.74, 6) is -127. The smallest absolute Gasteiger partial charge is 0.199 e. The second-order valence-electron chi connectivity index (χ2n) is 13.5. The molecule has 0 nitrogen and oxygen atoms in total. The summed E-state index contributed by atoms with van der Waals surface area (Å²) >= 11 is 0. The van der Waals surface area contributed by atoms with Crippen molar-refractivity contribution in [2.45, 2.75) is 127 Å². The van der Waals surface area contributed by atoms with Crippen molar-refractivity contribution in [1.29, 1.82) is 0 Å². The van der Waals surface area contributed by atoms with E-state index in [1.807, 2.05) is 0 Å². The quantitative estimate of drug-likeness (QED) is 0.0794. The van der Waals surface area contributed by atoms with Crippen LogP contribution in [0.25, 0.3) is 0 Å². The lowest BCUT2D eigenvalue weighted by molar-refractivity contribution is -0.440. The van der Waals surface area contributed by atoms with E-state index in [1.165, 1.54) is 0 Å². The molecule has 0 fully saturated rings. The van der Waals surface area contributed by atoms with Crippen LogP contribution < -0.4 is 0 Å². The summed E-state index contributed by atoms with van der Waals surface area (Å²) in [6, 6.07) is 0. The van der Waals surface area contributed by atoms with Gasteiger partial charge >= 0.3 is 107 Å². The van der Waals surface area contributed by atoms with Gasteiger partial charge in [-0.3, -0.25) is 0 Å². The second kappa shape index (κ2) is 16.4. The molecule has 0 aliphatic carbocycles. The first-order valence-electron chi connectivity index (χ1n) is 15.1. The molecule has 0 aromatic carbocycles. The molecule has 0 heterocycles. The fraction of sp³-hybridized carbons (Fsp3) is 1.00. The van der Waals surface area contributed by atoms with Gasteiger partial charge in [0, 0.05) is 13.9 Å². The van der Waals surface area contributed by atoms with E-state index in [-0.39, 0.29) is 0 Å². The minimum Gasteiger partial charge on any atom is -0.199 e. The third-order valence-corrected chi connectivity index (χ3v) is 12.8. The van der Waals surface area contributed by atoms with Gasteiger partial charge in [0.1, 0.15) is 0 Å². The Bertz CT molecular complexity index is 1450. The van der Waals surface area contributed by atoms with E-state index in [4.69, 9.17) is 0 Å². The van der Waals surface area contributed by atoms with E-state index in [9.17, 15) is 171 Å². The number of hydrogen-bond donors (Lipinski definition) is 0. The first-order valence-corrected chi connectivity index (χ1v) is 17.9. The van der Waals surface area contributed by atoms with Crippen LogP contribution in [-0.4, -0.2) is 133 Å². The molecule has 0 aliphatic heterocycles. The number of alkyl halides is 39. The van der Waals surface area contributed by atoms with Gasteiger partial charge in [-0.05, 0) is 0 Å². The largest absolute Gasteiger partial charge is 0.460 e. The van der Waals surface area contributed by atoms with Crippen LogP contribution >= 0.6 is 7.26 Å². The van der Waals surface area contributed by atoms with Crippen molar-refractivity contribution >= 4 is 7.26 Å². The maximum atomic E-state index is 14.5. The Morgan fingerprint density at radius 3 is 0.446 bits per heavy atom. The molecule has 0 aromatic rings. The van der Waals surface area contributed by atoms with Crippen molar-refractivity contribution in [3.8, 4) is 0 Å². The fourth-order valence-corrected chi connectivity index (χ4v) is 7.58. The molecule has 0 rings (SSSR count). The zero-order valence-electron chi connectivity index (χ0n) is 29.4. The van der Waals surface area contributed by atoms with Gasteiger partial charge in [-0.2, -0.15) is 171 Å². The molecule has 0 atom stereocenters. The molecule has 0 saturated heterocycles. The van der Waals surface area contributed by atoms with Crippen LogP contribution in [0.1, 0.15) is 19.3 Å². The number of hydrogen-bond acceptors (Lipinski definition) is 0. The van der Waals surface area contributed by atoms with E-state index >= 15 is 0 Å². The molecule has 0 amide bonds. The maximum absolute atomic E-state index is 14.5. The molecule has 0 aliphatic rings. The van der Waals surface area contributed by atoms with Crippen LogP contribution in [0.15, 0.2) is 0 Å². The van der Waals surface area contributed by atoms with Crippen LogP contribution in [0.2, 0.25) is 0 Å². The number of halogens is 39. The van der Waals surface area contributed by atoms with Crippen molar-refractivity contribution in [2.75, 3.05) is 25.2 Å². The summed E-state index contributed by atoms with van der Waals surface area (Å²) in [5.41, 5.74) is 0. The van der Waals surface area contributed by atoms with Gasteiger partial charge < -0.3 is 0 Å². The van der Waals surface area contributed by atoms with E-state index < -0.39 is 159 Å². The van der Waals surface area contributed by atoms with Gasteiger partial charge in [0.05, 0.1) is 37.7 Å². The van der Waals surface area contributed by atoms with Crippen molar-refractivity contribution in [3.05, 3.63) is 0 Å². The molecule has 0 saturated carbocycles. The highest BCUT2D eigenvalue weighted by Crippen LogP contribution is 2.68. The molecule has 392 valence electrons. The lowest BCUT2D eigenvalue weighted by Gasteiger charge is -2.41. The Morgan fingerprint density at radius 2 is 0.323 bits per heavy atom. The molecule has 40 heteroatoms. The normalized spacial score (nSPS) is 17.0. The SMILES string of the molecule is C[P+](CCC(F)(F)C(F)(F)C(F)(F)C(F)(F)C(F)(F)C(F)(F)F)(CCC(F)(F)C(F)(F)C(F)(F)C(F)(F)C(F)(F)C(F)(F)F)CCC(F)(F)C(F)(F)C(F)(F)C(F)(F)C(F)(F)C(F)(F)F. The van der Waals surface area contributed by atoms with Gasteiger partial charge in [-0.1, -0.05) is 0 Å². The molecule has 65 heavy (non-hydrogen) atoms. The van der Waals surface area contributed by atoms with Crippen LogP contribution in [0.5, 0.6) is 0 Å². The molecule has 0 spiro atoms. The van der Waals surface area contributed by atoms with Crippen LogP contribution in [0.4, 0.5) is 171 Å². The molecule has 0 unspecified atom stereocenters. The fourth-order valence-electron chi connectivity index (χ4n) is 4.44. The minimum absolute atomic E-state index is 0.705. The van der Waals surface area contributed by atoms with E-state index in [2.05, 4.69) is 0 Å². The summed E-state index contributed by atoms with van der Waals surface area (Å²) in [4.78, 5) is 0. The summed E-state index contributed by atoms with van der Waals surface area (Å²) in [5, 5.41) is 0. The first-order chi connectivity index (χ1) is 27.4. The predicted molar refractivity (Wildman–Crippen MR) is 134 cm³/mol. The maximum Gasteiger partial charge on any atom is 0.460 e. The Kier molecular flexibility index (Phi) is 15.8. The van der Waals surface area contributed by atoms with Crippen LogP contribution in [0.3, 0.4) is 0 Å². The van der Waals surface area contributed by atoms with Gasteiger partial charge in [-0.25, -0.2) is 0 Å². The summed E-state index contributed by atoms with van der Waals surface area (Å²) in [6.07, 6.45) is -45.9. The monoisotopic (exact) mass is 1090 g/mol. The topological polar surface area (TPSA) is 0 Å². The van der Waals surface area contributed by atoms with E-state index in [0.29, 0.717) is 0 Å². The highest BCUT2D eigenvalue weighted by Gasteiger charge is 2.93. The Labute approximate surface area is 331 Å². The lowest BCUT2D eigenvalue weighted by atomic mass is 9.93. The van der Waals surface area contributed by atoms with Crippen molar-refractivity contribution in [2.24, 2.45) is 0 Å². The number of rotatable bonds is 21. The zero-order valence-corrected chi connectivity index (χ0v) is 30.3. The summed E-state index contributed by atoms with van der Waals surface area (Å²) in [7, 11) is -6.15. The van der Waals surface area contributed by atoms with E-state index in [1.54, 1.807) is 0 Å². The standard InChI is InChI=1S/C25H15F39P/c1-65(5-2-8(26,27)11(32,33)14(38,39)17(44,45)20(50,51)23(56,57)58,6-3-9(28,29)12(34,35)15(40,41)18(46,47)21(52,53)24(59,60)61)7-4-10(30,31)13(36,37)16(42,43)19(48,49)22(54,55)25(62,63)64/h2-7H2,1H3/q+1. The first kappa shape index (κ1) is 62.7. The molecule has 0 aromatic heterocycles. The molecule has 0 radical (unpaired) electrons. The van der Waals surface area contributed by atoms with Crippen LogP contribution in [0, 0.1) is 0 Å². The molecular weight excluding hydrogens is 1070 g/mol. The Hall–Kier alpha value is -2.30. The molecule has 0 N–H and O–H groups in total. The van der Waals surface area contributed by atoms with Gasteiger partial charge in [0.2, 0.25) is 0 Å². The lowest BCUT2D eigenvalue weighted by Crippen LogP contribution is -2.70. The Balaban J connectivity index is 7.70. The zero-order chi connectivity index (χ0) is 53.7. The van der Waals surface area contributed by atoms with Crippen LogP contribution in [-0.2, 0) is 0 Å².